The zero-order chi connectivity index (χ0) is 27.7. The Balaban J connectivity index is 1.61. The summed E-state index contributed by atoms with van der Waals surface area (Å²) in [6, 6.07) is 10.5. The Kier molecular flexibility index (Phi) is 7.79. The largest absolute Gasteiger partial charge is 0.416 e. The van der Waals surface area contributed by atoms with Crippen LogP contribution in [0.3, 0.4) is 0 Å². The molecule has 0 unspecified atom stereocenters. The van der Waals surface area contributed by atoms with Gasteiger partial charge in [0.2, 0.25) is 11.8 Å². The molecule has 1 aliphatic carbocycles. The van der Waals surface area contributed by atoms with E-state index >= 15 is 0 Å². The first-order valence-electron chi connectivity index (χ1n) is 12.4. The van der Waals surface area contributed by atoms with Gasteiger partial charge in [0.1, 0.15) is 0 Å². The number of nitrogens with zero attached hydrogens (tertiary/aromatic N) is 2. The fourth-order valence-corrected chi connectivity index (χ4v) is 5.62. The first kappa shape index (κ1) is 27.9. The van der Waals surface area contributed by atoms with Crippen LogP contribution in [0.25, 0.3) is 0 Å². The van der Waals surface area contributed by atoms with Gasteiger partial charge >= 0.3 is 12.4 Å². The molecule has 1 heterocycles. The van der Waals surface area contributed by atoms with Crippen molar-refractivity contribution in [1.82, 2.24) is 15.1 Å². The van der Waals surface area contributed by atoms with Crippen molar-refractivity contribution in [2.45, 2.75) is 56.0 Å². The molecule has 0 atom stereocenters. The van der Waals surface area contributed by atoms with Gasteiger partial charge in [0.25, 0.3) is 0 Å². The lowest BCUT2D eigenvalue weighted by atomic mass is 9.73. The van der Waals surface area contributed by atoms with E-state index < -0.39 is 41.3 Å². The van der Waals surface area contributed by atoms with Gasteiger partial charge in [-0.15, -0.1) is 0 Å². The first-order valence-corrected chi connectivity index (χ1v) is 12.4. The van der Waals surface area contributed by atoms with E-state index in [9.17, 15) is 35.9 Å². The van der Waals surface area contributed by atoms with E-state index in [4.69, 9.17) is 0 Å². The molecule has 206 valence electrons. The van der Waals surface area contributed by atoms with Gasteiger partial charge in [-0.2, -0.15) is 26.3 Å². The second kappa shape index (κ2) is 10.6. The minimum absolute atomic E-state index is 0.00255. The van der Waals surface area contributed by atoms with Gasteiger partial charge in [-0.05, 0) is 55.0 Å². The smallest absolute Gasteiger partial charge is 0.337 e. The van der Waals surface area contributed by atoms with Gasteiger partial charge in [-0.1, -0.05) is 30.3 Å². The summed E-state index contributed by atoms with van der Waals surface area (Å²) < 4.78 is 80.0. The molecule has 2 aromatic carbocycles. The lowest BCUT2D eigenvalue weighted by Crippen LogP contribution is -2.56. The summed E-state index contributed by atoms with van der Waals surface area (Å²) in [5, 5.41) is 3.04. The SMILES string of the molecule is CN(C(=O)Cc1cc(C(F)(F)F)cc(C(F)(F)F)c1)C1(c2ccccc2)CCC(N2CCNCC2=O)CC1. The van der Waals surface area contributed by atoms with E-state index in [1.54, 1.807) is 7.05 Å². The van der Waals surface area contributed by atoms with Crippen molar-refractivity contribution in [1.29, 1.82) is 0 Å². The number of halogens is 6. The van der Waals surface area contributed by atoms with Crippen LogP contribution in [0.1, 0.15) is 47.9 Å². The monoisotopic (exact) mass is 541 g/mol. The molecule has 0 bridgehead atoms. The van der Waals surface area contributed by atoms with E-state index in [0.29, 0.717) is 50.9 Å². The molecule has 2 aliphatic rings. The van der Waals surface area contributed by atoms with Gasteiger partial charge in [-0.25, -0.2) is 0 Å². The van der Waals surface area contributed by atoms with Crippen molar-refractivity contribution in [3.8, 4) is 0 Å². The molecular weight excluding hydrogens is 512 g/mol. The number of alkyl halides is 6. The normalized spacial score (nSPS) is 22.9. The van der Waals surface area contributed by atoms with Crippen molar-refractivity contribution < 1.29 is 35.9 Å². The number of carbonyl (C=O) groups is 2. The zero-order valence-corrected chi connectivity index (χ0v) is 20.8. The average Bonchev–Trinajstić information content (AvgIpc) is 2.88. The van der Waals surface area contributed by atoms with Crippen molar-refractivity contribution in [2.24, 2.45) is 0 Å². The Morgan fingerprint density at radius 3 is 2.11 bits per heavy atom. The highest BCUT2D eigenvalue weighted by atomic mass is 19.4. The summed E-state index contributed by atoms with van der Waals surface area (Å²) in [5.74, 6) is -0.569. The number of amides is 2. The van der Waals surface area contributed by atoms with Crippen LogP contribution >= 0.6 is 0 Å². The highest BCUT2D eigenvalue weighted by Gasteiger charge is 2.44. The first-order chi connectivity index (χ1) is 17.8. The molecular formula is C27H29F6N3O2. The topological polar surface area (TPSA) is 52.7 Å². The maximum absolute atomic E-state index is 13.4. The summed E-state index contributed by atoms with van der Waals surface area (Å²) in [7, 11) is 1.55. The van der Waals surface area contributed by atoms with Crippen LogP contribution in [-0.2, 0) is 33.9 Å². The molecule has 38 heavy (non-hydrogen) atoms. The minimum Gasteiger partial charge on any atom is -0.337 e. The minimum atomic E-state index is -4.99. The third-order valence-electron chi connectivity index (χ3n) is 7.68. The van der Waals surface area contributed by atoms with E-state index in [2.05, 4.69) is 5.32 Å². The van der Waals surface area contributed by atoms with E-state index in [1.807, 2.05) is 35.2 Å². The summed E-state index contributed by atoms with van der Waals surface area (Å²) in [6.45, 7) is 1.56. The standard InChI is InChI=1S/C27H29F6N3O2/c1-35(23(37)15-18-13-20(26(28,29)30)16-21(14-18)27(31,32)33)25(19-5-3-2-4-6-19)9-7-22(8-10-25)36-12-11-34-17-24(36)38/h2-6,13-14,16,22,34H,7-12,15,17H2,1H3. The van der Waals surface area contributed by atoms with Crippen molar-refractivity contribution in [2.75, 3.05) is 26.7 Å². The van der Waals surface area contributed by atoms with Crippen LogP contribution in [0.5, 0.6) is 0 Å². The van der Waals surface area contributed by atoms with Gasteiger partial charge < -0.3 is 15.1 Å². The molecule has 0 spiro atoms. The number of rotatable bonds is 5. The lowest BCUT2D eigenvalue weighted by Gasteiger charge is -2.49. The number of carbonyl (C=O) groups excluding carboxylic acids is 2. The Bertz CT molecular complexity index is 1130. The van der Waals surface area contributed by atoms with Gasteiger partial charge in [-0.3, -0.25) is 9.59 Å². The van der Waals surface area contributed by atoms with Crippen LogP contribution in [0, 0.1) is 0 Å². The number of hydrogen-bond donors (Lipinski definition) is 1. The fraction of sp³-hybridized carbons (Fsp3) is 0.481. The predicted octanol–water partition coefficient (Wildman–Crippen LogP) is 5.00. The summed E-state index contributed by atoms with van der Waals surface area (Å²) in [6.07, 6.45) is -8.38. The Labute approximate surface area is 216 Å². The van der Waals surface area contributed by atoms with Gasteiger partial charge in [0.15, 0.2) is 0 Å². The third kappa shape index (κ3) is 5.82. The second-order valence-corrected chi connectivity index (χ2v) is 9.94. The van der Waals surface area contributed by atoms with Gasteiger partial charge in [0.05, 0.1) is 29.6 Å². The number of benzene rings is 2. The Morgan fingerprint density at radius 2 is 1.58 bits per heavy atom. The molecule has 1 aliphatic heterocycles. The quantitative estimate of drug-likeness (QED) is 0.543. The average molecular weight is 542 g/mol. The van der Waals surface area contributed by atoms with Crippen molar-refractivity contribution >= 4 is 11.8 Å². The molecule has 11 heteroatoms. The maximum Gasteiger partial charge on any atom is 0.416 e. The van der Waals surface area contributed by atoms with E-state index in [1.165, 1.54) is 4.90 Å². The Hall–Kier alpha value is -3.08. The summed E-state index contributed by atoms with van der Waals surface area (Å²) >= 11 is 0. The van der Waals surface area contributed by atoms with Crippen LogP contribution < -0.4 is 5.32 Å². The maximum atomic E-state index is 13.4. The molecule has 4 rings (SSSR count). The van der Waals surface area contributed by atoms with Crippen LogP contribution in [-0.4, -0.2) is 54.3 Å². The van der Waals surface area contributed by atoms with Crippen LogP contribution in [0.4, 0.5) is 26.3 Å². The summed E-state index contributed by atoms with van der Waals surface area (Å²) in [5.41, 5.74) is -3.22. The zero-order valence-electron chi connectivity index (χ0n) is 20.8. The number of likely N-dealkylation sites (N-methyl/N-ethyl adjacent to an activating group) is 1. The van der Waals surface area contributed by atoms with Crippen LogP contribution in [0.2, 0.25) is 0 Å². The molecule has 5 nitrogen and oxygen atoms in total. The van der Waals surface area contributed by atoms with E-state index in [-0.39, 0.29) is 30.1 Å². The highest BCUT2D eigenvalue weighted by Crippen LogP contribution is 2.44. The third-order valence-corrected chi connectivity index (χ3v) is 7.68. The Morgan fingerprint density at radius 1 is 1.00 bits per heavy atom. The molecule has 1 N–H and O–H groups in total. The molecule has 2 fully saturated rings. The number of piperazine rings is 1. The molecule has 0 radical (unpaired) electrons. The fourth-order valence-electron chi connectivity index (χ4n) is 5.62. The molecule has 2 aromatic rings. The van der Waals surface area contributed by atoms with Gasteiger partial charge in [0, 0.05) is 26.2 Å². The summed E-state index contributed by atoms with van der Waals surface area (Å²) in [4.78, 5) is 29.2. The van der Waals surface area contributed by atoms with Crippen LogP contribution in [0.15, 0.2) is 48.5 Å². The van der Waals surface area contributed by atoms with Crippen molar-refractivity contribution in [3.05, 3.63) is 70.8 Å². The van der Waals surface area contributed by atoms with Crippen molar-refractivity contribution in [3.63, 3.8) is 0 Å². The lowest BCUT2D eigenvalue weighted by molar-refractivity contribution is -0.144. The molecule has 1 saturated heterocycles. The number of hydrogen-bond acceptors (Lipinski definition) is 3. The molecule has 1 saturated carbocycles. The second-order valence-electron chi connectivity index (χ2n) is 9.94. The predicted molar refractivity (Wildman–Crippen MR) is 128 cm³/mol. The molecule has 2 amide bonds. The number of nitrogens with one attached hydrogen (secondary N) is 1. The van der Waals surface area contributed by atoms with E-state index in [0.717, 1.165) is 5.56 Å². The molecule has 0 aromatic heterocycles. The highest BCUT2D eigenvalue weighted by molar-refractivity contribution is 5.80.